The Kier molecular flexibility index (Phi) is 19.5. The van der Waals surface area contributed by atoms with Crippen LogP contribution in [0.3, 0.4) is 0 Å². The molecule has 10 nitrogen and oxygen atoms in total. The van der Waals surface area contributed by atoms with E-state index in [1.54, 1.807) is 62.5 Å². The number of esters is 1. The van der Waals surface area contributed by atoms with Crippen LogP contribution < -0.4 is 0 Å². The van der Waals surface area contributed by atoms with Crippen LogP contribution in [-0.4, -0.2) is 102 Å². The number of unbranched alkanes of at least 4 members (excludes halogenated alkanes) is 1. The molecule has 0 bridgehead atoms. The van der Waals surface area contributed by atoms with Crippen molar-refractivity contribution < 1.29 is 50.4 Å². The van der Waals surface area contributed by atoms with Crippen molar-refractivity contribution in [3.05, 3.63) is 60.3 Å². The molecule has 1 aliphatic rings. The highest BCUT2D eigenvalue weighted by molar-refractivity contribution is 5.73. The molecule has 43 heavy (non-hydrogen) atoms. The first-order chi connectivity index (χ1) is 20.3. The minimum absolute atomic E-state index is 0.00262. The Balaban J connectivity index is 3.06. The van der Waals surface area contributed by atoms with Crippen molar-refractivity contribution in [3.63, 3.8) is 0 Å². The first-order valence-electron chi connectivity index (χ1n) is 15.3. The van der Waals surface area contributed by atoms with Crippen molar-refractivity contribution in [2.75, 3.05) is 0 Å². The van der Waals surface area contributed by atoms with Gasteiger partial charge >= 0.3 is 5.97 Å². The number of hydrogen-bond donors (Lipinski definition) is 8. The molecule has 246 valence electrons. The molecule has 8 N–H and O–H groups in total. The van der Waals surface area contributed by atoms with E-state index < -0.39 is 66.8 Å². The first-order valence-corrected chi connectivity index (χ1v) is 15.3. The maximum Gasteiger partial charge on any atom is 0.311 e. The molecule has 0 aromatic heterocycles. The number of aliphatic hydroxyl groups is 8. The average molecular weight is 611 g/mol. The molecule has 1 unspecified atom stereocenters. The molecule has 1 rings (SSSR count). The molecule has 1 heterocycles. The standard InChI is InChI=1S/C33H54O10/c1-4-5-14-29-32(41)21-28(38)19-26(36)17-24(34)16-25(35)18-27(37)20-31(40)22(2)13-11-9-7-6-8-10-12-15-30(39)23(3)43-33(29)42/h6-13,15,23-32,34-41H,4-5,14,16-21H2,1-3H3/b7-6+,10-8+,11-9+,15-12+,22-13+/t23-,24+,25-,26+,27-,28+,29?,30+,31+,32+/m1/s1. The number of carbonyl (C=O) groups is 1. The van der Waals surface area contributed by atoms with Gasteiger partial charge < -0.3 is 45.6 Å². The topological polar surface area (TPSA) is 188 Å². The number of hydrogen-bond acceptors (Lipinski definition) is 10. The van der Waals surface area contributed by atoms with Gasteiger partial charge in [-0.05, 0) is 51.5 Å². The average Bonchev–Trinajstić information content (AvgIpc) is 2.90. The summed E-state index contributed by atoms with van der Waals surface area (Å²) < 4.78 is 5.45. The van der Waals surface area contributed by atoms with Gasteiger partial charge in [0.2, 0.25) is 0 Å². The van der Waals surface area contributed by atoms with Crippen LogP contribution in [0.5, 0.6) is 0 Å². The lowest BCUT2D eigenvalue weighted by molar-refractivity contribution is -0.162. The van der Waals surface area contributed by atoms with Gasteiger partial charge in [-0.3, -0.25) is 4.79 Å². The fraction of sp³-hybridized carbons (Fsp3) is 0.667. The van der Waals surface area contributed by atoms with E-state index in [0.29, 0.717) is 18.4 Å². The predicted molar refractivity (Wildman–Crippen MR) is 165 cm³/mol. The van der Waals surface area contributed by atoms with Crippen molar-refractivity contribution >= 4 is 5.97 Å². The highest BCUT2D eigenvalue weighted by atomic mass is 16.6. The molecule has 0 radical (unpaired) electrons. The van der Waals surface area contributed by atoms with Gasteiger partial charge in [0.25, 0.3) is 0 Å². The number of aliphatic hydroxyl groups excluding tert-OH is 8. The van der Waals surface area contributed by atoms with Crippen LogP contribution in [0.15, 0.2) is 60.3 Å². The quantitative estimate of drug-likeness (QED) is 0.220. The predicted octanol–water partition coefficient (Wildman–Crippen LogP) is 2.14. The second kappa shape index (κ2) is 21.5. The molecule has 0 spiro atoms. The fourth-order valence-electron chi connectivity index (χ4n) is 4.83. The van der Waals surface area contributed by atoms with Gasteiger partial charge in [-0.25, -0.2) is 0 Å². The molecule has 0 aromatic carbocycles. The fourth-order valence-corrected chi connectivity index (χ4v) is 4.83. The van der Waals surface area contributed by atoms with E-state index in [0.717, 1.165) is 6.42 Å². The minimum atomic E-state index is -1.25. The summed E-state index contributed by atoms with van der Waals surface area (Å²) in [5, 5.41) is 83.5. The summed E-state index contributed by atoms with van der Waals surface area (Å²) in [6, 6.07) is 0. The van der Waals surface area contributed by atoms with Crippen LogP contribution in [0.4, 0.5) is 0 Å². The minimum Gasteiger partial charge on any atom is -0.459 e. The summed E-state index contributed by atoms with van der Waals surface area (Å²) in [5.41, 5.74) is 0.622. The van der Waals surface area contributed by atoms with Gasteiger partial charge in [0.1, 0.15) is 12.2 Å². The van der Waals surface area contributed by atoms with E-state index in [1.165, 1.54) is 6.08 Å². The van der Waals surface area contributed by atoms with Gasteiger partial charge in [0.05, 0.1) is 48.6 Å². The zero-order chi connectivity index (χ0) is 32.4. The molecule has 10 heteroatoms. The highest BCUT2D eigenvalue weighted by Gasteiger charge is 2.32. The van der Waals surface area contributed by atoms with Crippen LogP contribution in [0, 0.1) is 5.92 Å². The van der Waals surface area contributed by atoms with Crippen LogP contribution in [-0.2, 0) is 9.53 Å². The monoisotopic (exact) mass is 610 g/mol. The van der Waals surface area contributed by atoms with E-state index in [1.807, 2.05) is 6.92 Å². The molecule has 0 saturated heterocycles. The van der Waals surface area contributed by atoms with E-state index >= 15 is 0 Å². The summed E-state index contributed by atoms with van der Waals surface area (Å²) in [6.07, 6.45) is 6.60. The summed E-state index contributed by atoms with van der Waals surface area (Å²) in [4.78, 5) is 12.9. The molecule has 0 saturated carbocycles. The Morgan fingerprint density at radius 3 is 1.70 bits per heavy atom. The van der Waals surface area contributed by atoms with Gasteiger partial charge in [-0.15, -0.1) is 0 Å². The third-order valence-electron chi connectivity index (χ3n) is 7.46. The third kappa shape index (κ3) is 17.1. The Morgan fingerprint density at radius 1 is 0.698 bits per heavy atom. The van der Waals surface area contributed by atoms with Crippen molar-refractivity contribution in [2.24, 2.45) is 5.92 Å². The Bertz CT molecular complexity index is 927. The first kappa shape index (κ1) is 38.9. The van der Waals surface area contributed by atoms with Gasteiger partial charge in [-0.2, -0.15) is 0 Å². The van der Waals surface area contributed by atoms with E-state index in [4.69, 9.17) is 4.74 Å². The molecule has 10 atom stereocenters. The van der Waals surface area contributed by atoms with Gasteiger partial charge in [-0.1, -0.05) is 74.4 Å². The lowest BCUT2D eigenvalue weighted by Gasteiger charge is -2.27. The number of ether oxygens (including phenoxy) is 1. The molecule has 0 amide bonds. The zero-order valence-corrected chi connectivity index (χ0v) is 25.7. The second-order valence-electron chi connectivity index (χ2n) is 11.6. The molecule has 0 fully saturated rings. The zero-order valence-electron chi connectivity index (χ0n) is 25.7. The summed E-state index contributed by atoms with van der Waals surface area (Å²) in [5.74, 6) is -1.62. The van der Waals surface area contributed by atoms with E-state index in [9.17, 15) is 45.6 Å². The van der Waals surface area contributed by atoms with Crippen LogP contribution in [0.1, 0.15) is 78.6 Å². The Morgan fingerprint density at radius 2 is 1.16 bits per heavy atom. The third-order valence-corrected chi connectivity index (χ3v) is 7.46. The Labute approximate surface area is 256 Å². The summed E-state index contributed by atoms with van der Waals surface area (Å²) in [7, 11) is 0. The molecule has 1 aliphatic heterocycles. The number of rotatable bonds is 3. The molecular formula is C33H54O10. The van der Waals surface area contributed by atoms with Crippen LogP contribution in [0.25, 0.3) is 0 Å². The number of carbonyl (C=O) groups excluding carboxylic acids is 1. The molecule has 0 aliphatic carbocycles. The largest absolute Gasteiger partial charge is 0.459 e. The van der Waals surface area contributed by atoms with Crippen molar-refractivity contribution in [1.29, 1.82) is 0 Å². The van der Waals surface area contributed by atoms with E-state index in [-0.39, 0.29) is 38.5 Å². The Hall–Kier alpha value is -2.15. The normalized spacial score (nSPS) is 39.7. The number of cyclic esters (lactones) is 1. The van der Waals surface area contributed by atoms with Crippen LogP contribution in [0.2, 0.25) is 0 Å². The van der Waals surface area contributed by atoms with Crippen molar-refractivity contribution in [2.45, 2.75) is 133 Å². The van der Waals surface area contributed by atoms with Gasteiger partial charge in [0, 0.05) is 12.8 Å². The SMILES string of the molecule is CCCCC1C(=O)O[C@H](C)[C@@H](O)/C=C/C=C/C=C/C=C/C=C(\C)[C@@H](O)C[C@H](O)C[C@H](O)C[C@H](O)C[C@H](O)C[C@H](O)C[C@@H]1O. The second-order valence-corrected chi connectivity index (χ2v) is 11.6. The maximum absolute atomic E-state index is 12.9. The lowest BCUT2D eigenvalue weighted by atomic mass is 9.90. The smallest absolute Gasteiger partial charge is 0.311 e. The lowest BCUT2D eigenvalue weighted by Crippen LogP contribution is -2.37. The highest BCUT2D eigenvalue weighted by Crippen LogP contribution is 2.23. The molecular weight excluding hydrogens is 556 g/mol. The van der Waals surface area contributed by atoms with E-state index in [2.05, 4.69) is 0 Å². The van der Waals surface area contributed by atoms with Crippen molar-refractivity contribution in [3.8, 4) is 0 Å². The summed E-state index contributed by atoms with van der Waals surface area (Å²) in [6.45, 7) is 5.21. The maximum atomic E-state index is 12.9. The van der Waals surface area contributed by atoms with Crippen LogP contribution >= 0.6 is 0 Å². The van der Waals surface area contributed by atoms with Gasteiger partial charge in [0.15, 0.2) is 0 Å². The molecule has 0 aromatic rings. The summed E-state index contributed by atoms with van der Waals surface area (Å²) >= 11 is 0. The van der Waals surface area contributed by atoms with Crippen molar-refractivity contribution in [1.82, 2.24) is 0 Å². The number of allylic oxidation sites excluding steroid dienone is 8.